The molecule has 0 aliphatic carbocycles. The molecule has 0 aromatic heterocycles. The minimum atomic E-state index is 0.207. The van der Waals surface area contributed by atoms with Crippen LogP contribution >= 0.6 is 11.6 Å². The van der Waals surface area contributed by atoms with Crippen LogP contribution < -0.4 is 15.2 Å². The van der Waals surface area contributed by atoms with Gasteiger partial charge in [-0.1, -0.05) is 25.4 Å². The maximum Gasteiger partial charge on any atom is 0.144 e. The molecular formula is C13H20ClNO2. The summed E-state index contributed by atoms with van der Waals surface area (Å²) < 4.78 is 10.7. The van der Waals surface area contributed by atoms with E-state index < -0.39 is 0 Å². The monoisotopic (exact) mass is 257 g/mol. The second kappa shape index (κ2) is 6.12. The van der Waals surface area contributed by atoms with Gasteiger partial charge in [-0.05, 0) is 30.5 Å². The van der Waals surface area contributed by atoms with Gasteiger partial charge in [0.25, 0.3) is 0 Å². The Bertz CT molecular complexity index is 393. The van der Waals surface area contributed by atoms with Crippen molar-refractivity contribution in [3.05, 3.63) is 22.2 Å². The van der Waals surface area contributed by atoms with Crippen molar-refractivity contribution in [3.63, 3.8) is 0 Å². The highest BCUT2D eigenvalue weighted by atomic mass is 35.5. The second-order valence-electron chi connectivity index (χ2n) is 4.00. The van der Waals surface area contributed by atoms with Crippen LogP contribution in [0.4, 0.5) is 0 Å². The van der Waals surface area contributed by atoms with Crippen LogP contribution in [0.25, 0.3) is 0 Å². The Hall–Kier alpha value is -0.930. The zero-order valence-corrected chi connectivity index (χ0v) is 11.6. The molecule has 3 nitrogen and oxygen atoms in total. The molecule has 1 atom stereocenters. The summed E-state index contributed by atoms with van der Waals surface area (Å²) in [5, 5.41) is 0.532. The molecule has 0 amide bonds. The lowest BCUT2D eigenvalue weighted by Crippen LogP contribution is -2.11. The summed E-state index contributed by atoms with van der Waals surface area (Å²) in [4.78, 5) is 0. The van der Waals surface area contributed by atoms with Gasteiger partial charge >= 0.3 is 0 Å². The molecule has 0 aliphatic heterocycles. The molecule has 1 aromatic rings. The number of hydrogen-bond donors (Lipinski definition) is 1. The van der Waals surface area contributed by atoms with Gasteiger partial charge in [0.2, 0.25) is 0 Å². The molecule has 0 fully saturated rings. The maximum absolute atomic E-state index is 6.31. The molecule has 0 spiro atoms. The Morgan fingerprint density at radius 2 is 1.88 bits per heavy atom. The Morgan fingerprint density at radius 1 is 1.29 bits per heavy atom. The minimum absolute atomic E-state index is 0.207. The lowest BCUT2D eigenvalue weighted by Gasteiger charge is -2.19. The van der Waals surface area contributed by atoms with Gasteiger partial charge in [0.05, 0.1) is 14.2 Å². The first kappa shape index (κ1) is 14.1. The summed E-state index contributed by atoms with van der Waals surface area (Å²) in [6.45, 7) is 4.68. The van der Waals surface area contributed by atoms with Crippen LogP contribution in [0.2, 0.25) is 5.02 Å². The number of hydrogen-bond acceptors (Lipinski definition) is 3. The minimum Gasteiger partial charge on any atom is -0.495 e. The normalized spacial score (nSPS) is 12.4. The molecule has 0 saturated carbocycles. The molecule has 17 heavy (non-hydrogen) atoms. The number of aryl methyl sites for hydroxylation is 1. The predicted octanol–water partition coefficient (Wildman–Crippen LogP) is 2.98. The molecule has 0 heterocycles. The van der Waals surface area contributed by atoms with Crippen molar-refractivity contribution in [2.75, 3.05) is 20.8 Å². The van der Waals surface area contributed by atoms with E-state index in [-0.39, 0.29) is 5.92 Å². The molecule has 0 bridgehead atoms. The second-order valence-corrected chi connectivity index (χ2v) is 4.37. The SMILES string of the molecule is CCc1cc(C(C)CN)c(OC)c(Cl)c1OC. The quantitative estimate of drug-likeness (QED) is 0.882. The van der Waals surface area contributed by atoms with Gasteiger partial charge in [-0.2, -0.15) is 0 Å². The molecule has 0 radical (unpaired) electrons. The largest absolute Gasteiger partial charge is 0.495 e. The Kier molecular flexibility index (Phi) is 5.09. The van der Waals surface area contributed by atoms with Crippen LogP contribution in [0.5, 0.6) is 11.5 Å². The van der Waals surface area contributed by atoms with Gasteiger partial charge in [0.1, 0.15) is 16.5 Å². The number of halogens is 1. The summed E-state index contributed by atoms with van der Waals surface area (Å²) in [7, 11) is 3.23. The van der Waals surface area contributed by atoms with Crippen molar-refractivity contribution in [1.29, 1.82) is 0 Å². The van der Waals surface area contributed by atoms with Crippen LogP contribution in [0.15, 0.2) is 6.07 Å². The zero-order valence-electron chi connectivity index (χ0n) is 10.8. The third-order valence-electron chi connectivity index (χ3n) is 2.96. The lowest BCUT2D eigenvalue weighted by molar-refractivity contribution is 0.387. The van der Waals surface area contributed by atoms with Crippen molar-refractivity contribution in [1.82, 2.24) is 0 Å². The fourth-order valence-corrected chi connectivity index (χ4v) is 2.26. The van der Waals surface area contributed by atoms with Gasteiger partial charge in [-0.3, -0.25) is 0 Å². The standard InChI is InChI=1S/C13H20ClNO2/c1-5-9-6-10(8(2)7-15)13(17-4)11(14)12(9)16-3/h6,8H,5,7,15H2,1-4H3. The molecule has 1 unspecified atom stereocenters. The number of ether oxygens (including phenoxy) is 2. The van der Waals surface area contributed by atoms with Gasteiger partial charge in [-0.25, -0.2) is 0 Å². The van der Waals surface area contributed by atoms with Gasteiger partial charge in [0, 0.05) is 5.56 Å². The van der Waals surface area contributed by atoms with Crippen molar-refractivity contribution in [3.8, 4) is 11.5 Å². The Morgan fingerprint density at radius 3 is 2.29 bits per heavy atom. The van der Waals surface area contributed by atoms with E-state index in [1.807, 2.05) is 0 Å². The van der Waals surface area contributed by atoms with Crippen LogP contribution in [-0.2, 0) is 6.42 Å². The molecular weight excluding hydrogens is 238 g/mol. The molecule has 1 rings (SSSR count). The van der Waals surface area contributed by atoms with E-state index in [1.165, 1.54) is 0 Å². The zero-order chi connectivity index (χ0) is 13.0. The fourth-order valence-electron chi connectivity index (χ4n) is 1.87. The third-order valence-corrected chi connectivity index (χ3v) is 3.30. The Labute approximate surface area is 108 Å². The van der Waals surface area contributed by atoms with Crippen molar-refractivity contribution in [2.24, 2.45) is 5.73 Å². The van der Waals surface area contributed by atoms with Gasteiger partial charge in [0.15, 0.2) is 0 Å². The van der Waals surface area contributed by atoms with Gasteiger partial charge < -0.3 is 15.2 Å². The van der Waals surface area contributed by atoms with Crippen LogP contribution in [0.1, 0.15) is 30.9 Å². The van der Waals surface area contributed by atoms with Crippen LogP contribution in [0.3, 0.4) is 0 Å². The first-order valence-electron chi connectivity index (χ1n) is 5.73. The number of rotatable bonds is 5. The summed E-state index contributed by atoms with van der Waals surface area (Å²) in [6.07, 6.45) is 0.858. The molecule has 0 saturated heterocycles. The summed E-state index contributed by atoms with van der Waals surface area (Å²) in [5.41, 5.74) is 7.83. The highest BCUT2D eigenvalue weighted by Gasteiger charge is 2.20. The van der Waals surface area contributed by atoms with E-state index in [4.69, 9.17) is 26.8 Å². The van der Waals surface area contributed by atoms with Crippen LogP contribution in [0, 0.1) is 0 Å². The average molecular weight is 258 g/mol. The molecule has 96 valence electrons. The highest BCUT2D eigenvalue weighted by Crippen LogP contribution is 2.42. The fraction of sp³-hybridized carbons (Fsp3) is 0.538. The van der Waals surface area contributed by atoms with E-state index in [0.29, 0.717) is 23.1 Å². The number of benzene rings is 1. The summed E-state index contributed by atoms with van der Waals surface area (Å²) in [6, 6.07) is 2.07. The first-order valence-corrected chi connectivity index (χ1v) is 6.11. The molecule has 4 heteroatoms. The molecule has 2 N–H and O–H groups in total. The molecule has 1 aromatic carbocycles. The van der Waals surface area contributed by atoms with E-state index >= 15 is 0 Å². The summed E-state index contributed by atoms with van der Waals surface area (Å²) in [5.74, 6) is 1.57. The Balaban J connectivity index is 3.45. The predicted molar refractivity (Wildman–Crippen MR) is 71.4 cm³/mol. The average Bonchev–Trinajstić information content (AvgIpc) is 2.36. The van der Waals surface area contributed by atoms with Crippen molar-refractivity contribution in [2.45, 2.75) is 26.2 Å². The van der Waals surface area contributed by atoms with Crippen molar-refractivity contribution >= 4 is 11.6 Å². The maximum atomic E-state index is 6.31. The summed E-state index contributed by atoms with van der Waals surface area (Å²) >= 11 is 6.31. The van der Waals surface area contributed by atoms with Gasteiger partial charge in [-0.15, -0.1) is 0 Å². The topological polar surface area (TPSA) is 44.5 Å². The van der Waals surface area contributed by atoms with E-state index in [9.17, 15) is 0 Å². The van der Waals surface area contributed by atoms with E-state index in [2.05, 4.69) is 19.9 Å². The van der Waals surface area contributed by atoms with Crippen LogP contribution in [-0.4, -0.2) is 20.8 Å². The van der Waals surface area contributed by atoms with Crippen molar-refractivity contribution < 1.29 is 9.47 Å². The first-order chi connectivity index (χ1) is 8.10. The third kappa shape index (κ3) is 2.67. The number of nitrogens with two attached hydrogens (primary N) is 1. The van der Waals surface area contributed by atoms with E-state index in [1.54, 1.807) is 14.2 Å². The smallest absolute Gasteiger partial charge is 0.144 e. The van der Waals surface area contributed by atoms with E-state index in [0.717, 1.165) is 17.5 Å². The lowest BCUT2D eigenvalue weighted by atomic mass is 9.96. The number of methoxy groups -OCH3 is 2. The highest BCUT2D eigenvalue weighted by molar-refractivity contribution is 6.33. The molecule has 0 aliphatic rings.